The van der Waals surface area contributed by atoms with Crippen LogP contribution in [0, 0.1) is 20.8 Å². The van der Waals surface area contributed by atoms with Gasteiger partial charge in [-0.15, -0.1) is 0 Å². The van der Waals surface area contributed by atoms with Crippen molar-refractivity contribution in [1.29, 1.82) is 0 Å². The minimum atomic E-state index is -4.20. The Morgan fingerprint density at radius 1 is 1.11 bits per heavy atom. The van der Waals surface area contributed by atoms with E-state index < -0.39 is 10.1 Å². The third kappa shape index (κ3) is 2.37. The van der Waals surface area contributed by atoms with Gasteiger partial charge in [-0.1, -0.05) is 0 Å². The summed E-state index contributed by atoms with van der Waals surface area (Å²) in [7, 11) is -4.20. The lowest BCUT2D eigenvalue weighted by atomic mass is 9.88. The summed E-state index contributed by atoms with van der Waals surface area (Å²) in [4.78, 5) is 0.0343. The second-order valence-corrected chi connectivity index (χ2v) is 7.21. The highest BCUT2D eigenvalue weighted by molar-refractivity contribution is 7.86. The van der Waals surface area contributed by atoms with E-state index in [9.17, 15) is 13.0 Å². The molecule has 0 saturated heterocycles. The van der Waals surface area contributed by atoms with Crippen LogP contribution in [0.25, 0.3) is 0 Å². The normalized spacial score (nSPS) is 17.8. The highest BCUT2D eigenvalue weighted by Crippen LogP contribution is 2.41. The van der Waals surface area contributed by atoms with E-state index in [-0.39, 0.29) is 10.5 Å². The zero-order chi connectivity index (χ0) is 14.6. The highest BCUT2D eigenvalue weighted by atomic mass is 32.2. The molecule has 19 heavy (non-hydrogen) atoms. The Kier molecular flexibility index (Phi) is 3.18. The first kappa shape index (κ1) is 14.3. The molecule has 0 fully saturated rings. The van der Waals surface area contributed by atoms with Crippen molar-refractivity contribution in [2.24, 2.45) is 0 Å². The van der Waals surface area contributed by atoms with Crippen LogP contribution in [-0.2, 0) is 16.5 Å². The lowest BCUT2D eigenvalue weighted by Gasteiger charge is -2.35. The van der Waals surface area contributed by atoms with Crippen LogP contribution < -0.4 is 4.74 Å². The van der Waals surface area contributed by atoms with Crippen LogP contribution in [0.3, 0.4) is 0 Å². The van der Waals surface area contributed by atoms with Gasteiger partial charge in [0.25, 0.3) is 10.1 Å². The van der Waals surface area contributed by atoms with Crippen molar-refractivity contribution >= 4 is 10.1 Å². The quantitative estimate of drug-likeness (QED) is 0.805. The van der Waals surface area contributed by atoms with E-state index >= 15 is 0 Å². The fourth-order valence-corrected chi connectivity index (χ4v) is 3.79. The van der Waals surface area contributed by atoms with Crippen molar-refractivity contribution in [1.82, 2.24) is 0 Å². The molecule has 1 N–H and O–H groups in total. The molecule has 0 amide bonds. The smallest absolute Gasteiger partial charge is 0.295 e. The van der Waals surface area contributed by atoms with Crippen LogP contribution >= 0.6 is 0 Å². The number of benzene rings is 1. The van der Waals surface area contributed by atoms with Gasteiger partial charge in [0.15, 0.2) is 0 Å². The summed E-state index contributed by atoms with van der Waals surface area (Å²) in [5.74, 6) is 0.777. The largest absolute Gasteiger partial charge is 0.487 e. The van der Waals surface area contributed by atoms with Gasteiger partial charge in [0.05, 0.1) is 0 Å². The zero-order valence-corrected chi connectivity index (χ0v) is 12.8. The van der Waals surface area contributed by atoms with Gasteiger partial charge in [0.1, 0.15) is 16.2 Å². The first-order valence-electron chi connectivity index (χ1n) is 6.34. The summed E-state index contributed by atoms with van der Waals surface area (Å²) in [5.41, 5.74) is 2.62. The van der Waals surface area contributed by atoms with Crippen molar-refractivity contribution in [3.05, 3.63) is 22.3 Å². The highest BCUT2D eigenvalue weighted by Gasteiger charge is 2.32. The van der Waals surface area contributed by atoms with Crippen molar-refractivity contribution in [2.45, 2.75) is 58.0 Å². The summed E-state index contributed by atoms with van der Waals surface area (Å²) < 4.78 is 38.5. The number of hydrogen-bond donors (Lipinski definition) is 1. The number of rotatable bonds is 1. The lowest BCUT2D eigenvalue weighted by molar-refractivity contribution is 0.0832. The van der Waals surface area contributed by atoms with Crippen LogP contribution in [0.15, 0.2) is 4.90 Å². The third-order valence-corrected chi connectivity index (χ3v) is 5.05. The monoisotopic (exact) mass is 284 g/mol. The molecule has 4 nitrogen and oxygen atoms in total. The summed E-state index contributed by atoms with van der Waals surface area (Å²) in [6.07, 6.45) is 1.59. The molecule has 1 aromatic rings. The fourth-order valence-electron chi connectivity index (χ4n) is 2.73. The summed E-state index contributed by atoms with van der Waals surface area (Å²) in [6, 6.07) is 0. The van der Waals surface area contributed by atoms with Gasteiger partial charge >= 0.3 is 0 Å². The third-order valence-electron chi connectivity index (χ3n) is 3.92. The Labute approximate surface area is 114 Å². The maximum Gasteiger partial charge on any atom is 0.295 e. The Balaban J connectivity index is 2.78. The van der Waals surface area contributed by atoms with E-state index in [4.69, 9.17) is 4.74 Å². The predicted molar refractivity (Wildman–Crippen MR) is 73.5 cm³/mol. The molecule has 0 aromatic heterocycles. The maximum absolute atomic E-state index is 11.6. The second-order valence-electron chi connectivity index (χ2n) is 5.85. The molecule has 1 heterocycles. The topological polar surface area (TPSA) is 63.6 Å². The van der Waals surface area contributed by atoms with Crippen molar-refractivity contribution in [2.75, 3.05) is 0 Å². The van der Waals surface area contributed by atoms with Crippen molar-refractivity contribution < 1.29 is 17.7 Å². The molecule has 1 aromatic carbocycles. The lowest BCUT2D eigenvalue weighted by Crippen LogP contribution is -2.33. The maximum atomic E-state index is 11.6. The predicted octanol–water partition coefficient (Wildman–Crippen LogP) is 2.96. The summed E-state index contributed by atoms with van der Waals surface area (Å²) >= 11 is 0. The fraction of sp³-hybridized carbons (Fsp3) is 0.571. The molecule has 5 heteroatoms. The van der Waals surface area contributed by atoms with Crippen LogP contribution in [0.4, 0.5) is 0 Å². The van der Waals surface area contributed by atoms with Gasteiger partial charge in [-0.25, -0.2) is 0 Å². The molecule has 1 aliphatic rings. The molecule has 2 rings (SSSR count). The van der Waals surface area contributed by atoms with Gasteiger partial charge < -0.3 is 4.74 Å². The molecule has 0 bridgehead atoms. The molecule has 106 valence electrons. The van der Waals surface area contributed by atoms with Crippen molar-refractivity contribution in [3.63, 3.8) is 0 Å². The van der Waals surface area contributed by atoms with E-state index in [1.54, 1.807) is 13.8 Å². The van der Waals surface area contributed by atoms with Gasteiger partial charge in [0, 0.05) is 0 Å². The minimum Gasteiger partial charge on any atom is -0.487 e. The Bertz CT molecular complexity index is 642. The zero-order valence-electron chi connectivity index (χ0n) is 12.0. The Morgan fingerprint density at radius 2 is 1.68 bits per heavy atom. The van der Waals surface area contributed by atoms with E-state index in [1.165, 1.54) is 0 Å². The molecule has 0 aliphatic carbocycles. The number of ether oxygens (including phenoxy) is 1. The van der Waals surface area contributed by atoms with Crippen LogP contribution in [0.5, 0.6) is 5.75 Å². The molecular formula is C14H20O4S. The average Bonchev–Trinajstić information content (AvgIpc) is 2.23. The van der Waals surface area contributed by atoms with E-state index in [2.05, 4.69) is 0 Å². The van der Waals surface area contributed by atoms with Crippen molar-refractivity contribution in [3.8, 4) is 5.75 Å². The minimum absolute atomic E-state index is 0.0343. The molecule has 0 atom stereocenters. The van der Waals surface area contributed by atoms with E-state index in [0.717, 1.165) is 29.7 Å². The average molecular weight is 284 g/mol. The van der Waals surface area contributed by atoms with Crippen LogP contribution in [0.2, 0.25) is 0 Å². The first-order valence-corrected chi connectivity index (χ1v) is 7.78. The van der Waals surface area contributed by atoms with Crippen LogP contribution in [-0.4, -0.2) is 18.6 Å². The first-order chi connectivity index (χ1) is 8.54. The van der Waals surface area contributed by atoms with Gasteiger partial charge in [-0.2, -0.15) is 8.42 Å². The Morgan fingerprint density at radius 3 is 2.21 bits per heavy atom. The molecule has 0 saturated carbocycles. The molecule has 0 unspecified atom stereocenters. The second kappa shape index (κ2) is 4.21. The van der Waals surface area contributed by atoms with E-state index in [1.807, 2.05) is 20.8 Å². The molecular weight excluding hydrogens is 264 g/mol. The summed E-state index contributed by atoms with van der Waals surface area (Å²) in [5, 5.41) is 0. The summed E-state index contributed by atoms with van der Waals surface area (Å²) in [6.45, 7) is 9.32. The number of hydrogen-bond acceptors (Lipinski definition) is 3. The van der Waals surface area contributed by atoms with E-state index in [0.29, 0.717) is 11.1 Å². The molecule has 1 aliphatic heterocycles. The van der Waals surface area contributed by atoms with Crippen LogP contribution in [0.1, 0.15) is 42.5 Å². The van der Waals surface area contributed by atoms with Gasteiger partial charge in [0.2, 0.25) is 0 Å². The molecule has 0 radical (unpaired) electrons. The number of fused-ring (bicyclic) bond motifs is 1. The Hall–Kier alpha value is -1.07. The molecule has 0 spiro atoms. The SMILES string of the molecule is Cc1c(C)c(S(=O)(=O)O)c(C)c2c1OC(C)(C)CC2. The van der Waals surface area contributed by atoms with Gasteiger partial charge in [-0.3, -0.25) is 4.55 Å². The standard InChI is InChI=1S/C14H20O4S/c1-8-9(2)13(19(15,16)17)10(3)11-6-7-14(4,5)18-12(8)11/h6-7H2,1-5H3,(H,15,16,17). The van der Waals surface area contributed by atoms with Gasteiger partial charge in [-0.05, 0) is 69.7 Å².